The van der Waals surface area contributed by atoms with Crippen LogP contribution < -0.4 is 11.1 Å². The average Bonchev–Trinajstić information content (AvgIpc) is 3.13. The molecule has 3 heterocycles. The zero-order valence-corrected chi connectivity index (χ0v) is 17.3. The number of rotatable bonds is 7. The number of β-lactam (4-membered cyclic amide) rings is 1. The Balaban J connectivity index is 1.77. The van der Waals surface area contributed by atoms with Gasteiger partial charge in [-0.2, -0.15) is 9.36 Å². The lowest BCUT2D eigenvalue weighted by atomic mass is 10.0. The molecule has 4 N–H and O–H groups in total. The van der Waals surface area contributed by atoms with Crippen molar-refractivity contribution in [2.24, 2.45) is 5.16 Å². The Morgan fingerprint density at radius 2 is 2.17 bits per heavy atom. The number of carbonyl (C=O) groups excluding carboxylic acids is 3. The van der Waals surface area contributed by atoms with Gasteiger partial charge in [-0.3, -0.25) is 19.3 Å². The molecule has 1 aromatic rings. The molecule has 1 fully saturated rings. The first kappa shape index (κ1) is 21.5. The van der Waals surface area contributed by atoms with Gasteiger partial charge >= 0.3 is 11.9 Å². The van der Waals surface area contributed by atoms with Gasteiger partial charge in [0.25, 0.3) is 11.8 Å². The summed E-state index contributed by atoms with van der Waals surface area (Å²) in [5.74, 6) is -3.16. The molecule has 0 unspecified atom stereocenters. The zero-order valence-electron chi connectivity index (χ0n) is 15.6. The number of nitrogens with two attached hydrogens (primary N) is 1. The van der Waals surface area contributed by atoms with Crippen LogP contribution in [0.3, 0.4) is 0 Å². The Kier molecular flexibility index (Phi) is 6.21. The Hall–Kier alpha value is -3.20. The number of esters is 1. The van der Waals surface area contributed by atoms with Gasteiger partial charge in [0.05, 0.1) is 0 Å². The molecule has 0 bridgehead atoms. The van der Waals surface area contributed by atoms with Crippen molar-refractivity contribution in [1.29, 1.82) is 0 Å². The van der Waals surface area contributed by atoms with Crippen molar-refractivity contribution in [1.82, 2.24) is 19.6 Å². The number of nitrogens with one attached hydrogen (secondary N) is 1. The number of hydrogen-bond donors (Lipinski definition) is 3. The third-order valence-electron chi connectivity index (χ3n) is 4.04. The molecule has 2 aliphatic heterocycles. The van der Waals surface area contributed by atoms with Crippen LogP contribution in [0.5, 0.6) is 0 Å². The number of ether oxygens (including phenoxy) is 1. The predicted molar refractivity (Wildman–Crippen MR) is 104 cm³/mol. The quantitative estimate of drug-likeness (QED) is 0.193. The molecular weight excluding hydrogens is 440 g/mol. The lowest BCUT2D eigenvalue weighted by Gasteiger charge is -2.49. The van der Waals surface area contributed by atoms with E-state index in [2.05, 4.69) is 24.7 Å². The third-order valence-corrected chi connectivity index (χ3v) is 5.92. The van der Waals surface area contributed by atoms with Gasteiger partial charge in [0.1, 0.15) is 30.8 Å². The monoisotopic (exact) mass is 456 g/mol. The fraction of sp³-hybridized carbons (Fsp3) is 0.400. The number of hydrogen-bond acceptors (Lipinski definition) is 12. The maximum absolute atomic E-state index is 12.6. The van der Waals surface area contributed by atoms with E-state index in [1.54, 1.807) is 0 Å². The molecule has 0 aromatic carbocycles. The van der Waals surface area contributed by atoms with Crippen LogP contribution in [0.1, 0.15) is 12.7 Å². The van der Waals surface area contributed by atoms with Crippen molar-refractivity contribution < 1.29 is 33.9 Å². The summed E-state index contributed by atoms with van der Waals surface area (Å²) in [5, 5.41) is 15.1. The van der Waals surface area contributed by atoms with Crippen LogP contribution in [0, 0.1) is 0 Å². The highest BCUT2D eigenvalue weighted by Gasteiger charge is 2.54. The highest BCUT2D eigenvalue weighted by atomic mass is 32.2. The predicted octanol–water partition coefficient (Wildman–Crippen LogP) is -1.23. The molecule has 3 rings (SSSR count). The molecule has 0 spiro atoms. The number of oxime groups is 1. The molecule has 13 nitrogen and oxygen atoms in total. The summed E-state index contributed by atoms with van der Waals surface area (Å²) in [7, 11) is 1.23. The van der Waals surface area contributed by atoms with Crippen molar-refractivity contribution in [2.45, 2.75) is 18.3 Å². The van der Waals surface area contributed by atoms with Crippen molar-refractivity contribution >= 4 is 57.9 Å². The number of aliphatic carboxylic acids is 1. The first-order valence-corrected chi connectivity index (χ1v) is 10.1. The van der Waals surface area contributed by atoms with Crippen LogP contribution in [0.2, 0.25) is 0 Å². The van der Waals surface area contributed by atoms with E-state index in [0.29, 0.717) is 5.57 Å². The lowest BCUT2D eigenvalue weighted by molar-refractivity contribution is -0.150. The van der Waals surface area contributed by atoms with Gasteiger partial charge in [0.2, 0.25) is 11.5 Å². The number of nitrogens with zero attached hydrogens (tertiary/aromatic N) is 4. The van der Waals surface area contributed by atoms with Gasteiger partial charge in [-0.05, 0) is 0 Å². The topological polar surface area (TPSA) is 186 Å². The second-order valence-electron chi connectivity index (χ2n) is 5.98. The Morgan fingerprint density at radius 3 is 2.73 bits per heavy atom. The maximum Gasteiger partial charge on any atom is 0.352 e. The number of amides is 2. The van der Waals surface area contributed by atoms with Crippen molar-refractivity contribution in [3.05, 3.63) is 17.1 Å². The minimum absolute atomic E-state index is 0.0634. The molecular formula is C15H16N6O7S2. The number of anilines is 1. The van der Waals surface area contributed by atoms with E-state index in [-0.39, 0.29) is 34.7 Å². The molecule has 2 aliphatic rings. The Labute approximate surface area is 177 Å². The van der Waals surface area contributed by atoms with Gasteiger partial charge in [0.15, 0.2) is 5.13 Å². The number of aromatic nitrogens is 2. The van der Waals surface area contributed by atoms with Gasteiger partial charge in [-0.15, -0.1) is 11.8 Å². The summed E-state index contributed by atoms with van der Waals surface area (Å²) in [6.07, 6.45) is 0. The van der Waals surface area contributed by atoms with E-state index < -0.39 is 35.2 Å². The minimum Gasteiger partial charge on any atom is -0.477 e. The molecule has 0 saturated carbocycles. The van der Waals surface area contributed by atoms with E-state index in [1.165, 1.54) is 25.8 Å². The second-order valence-corrected chi connectivity index (χ2v) is 7.87. The molecule has 15 heteroatoms. The number of carbonyl (C=O) groups is 4. The first-order chi connectivity index (χ1) is 14.2. The summed E-state index contributed by atoms with van der Waals surface area (Å²) in [5.41, 5.74) is 5.28. The molecule has 2 amide bonds. The summed E-state index contributed by atoms with van der Waals surface area (Å²) < 4.78 is 8.77. The van der Waals surface area contributed by atoms with Crippen molar-refractivity contribution in [2.75, 3.05) is 25.2 Å². The van der Waals surface area contributed by atoms with Gasteiger partial charge < -0.3 is 25.7 Å². The summed E-state index contributed by atoms with van der Waals surface area (Å²) in [6.45, 7) is 0.961. The van der Waals surface area contributed by atoms with Crippen LogP contribution in [-0.2, 0) is 28.8 Å². The highest BCUT2D eigenvalue weighted by molar-refractivity contribution is 8.00. The average molecular weight is 456 g/mol. The SMILES string of the molecule is CO/N=C(/C(=O)N[C@@H]1C(=O)N2C(C(=O)O)=C(COC(C)=O)CS[C@H]12)c1nsc(N)n1. The van der Waals surface area contributed by atoms with E-state index in [0.717, 1.165) is 16.4 Å². The smallest absolute Gasteiger partial charge is 0.352 e. The molecule has 30 heavy (non-hydrogen) atoms. The normalized spacial score (nSPS) is 20.9. The maximum atomic E-state index is 12.6. The first-order valence-electron chi connectivity index (χ1n) is 8.29. The summed E-state index contributed by atoms with van der Waals surface area (Å²) in [4.78, 5) is 57.6. The standard InChI is InChI=1S/C15H16N6O7S2/c1-5(22)28-3-6-4-29-13-8(12(24)21(13)9(6)14(25)26)17-11(23)7(19-27-2)10-18-15(16)30-20-10/h8,13H,3-4H2,1-2H3,(H,17,23)(H,25,26)(H2,16,18,20)/b19-7+/t8-,13-/m1/s1. The fourth-order valence-corrected chi connectivity index (χ4v) is 4.56. The molecule has 1 aromatic heterocycles. The largest absolute Gasteiger partial charge is 0.477 e. The van der Waals surface area contributed by atoms with Crippen LogP contribution in [0.4, 0.5) is 5.13 Å². The number of carboxylic acid groups (broad SMARTS) is 1. The molecule has 1 saturated heterocycles. The number of carboxylic acids is 1. The molecule has 0 radical (unpaired) electrons. The van der Waals surface area contributed by atoms with E-state index >= 15 is 0 Å². The van der Waals surface area contributed by atoms with E-state index in [9.17, 15) is 24.3 Å². The van der Waals surface area contributed by atoms with Gasteiger partial charge in [-0.1, -0.05) is 5.16 Å². The van der Waals surface area contributed by atoms with Gasteiger partial charge in [0, 0.05) is 29.8 Å². The fourth-order valence-electron chi connectivity index (χ4n) is 2.80. The Morgan fingerprint density at radius 1 is 1.43 bits per heavy atom. The van der Waals surface area contributed by atoms with Crippen LogP contribution in [0.15, 0.2) is 16.4 Å². The summed E-state index contributed by atoms with van der Waals surface area (Å²) >= 11 is 2.09. The molecule has 160 valence electrons. The van der Waals surface area contributed by atoms with Crippen LogP contribution in [0.25, 0.3) is 0 Å². The minimum atomic E-state index is -1.33. The number of nitrogen functional groups attached to an aromatic ring is 1. The molecule has 2 atom stereocenters. The van der Waals surface area contributed by atoms with E-state index in [4.69, 9.17) is 10.5 Å². The zero-order chi connectivity index (χ0) is 22.0. The van der Waals surface area contributed by atoms with Crippen LogP contribution >= 0.6 is 23.3 Å². The number of thioether (sulfide) groups is 1. The van der Waals surface area contributed by atoms with Crippen LogP contribution in [-0.4, -0.2) is 79.7 Å². The van der Waals surface area contributed by atoms with Gasteiger partial charge in [-0.25, -0.2) is 4.79 Å². The lowest BCUT2D eigenvalue weighted by Crippen LogP contribution is -2.71. The molecule has 0 aliphatic carbocycles. The number of fused-ring (bicyclic) bond motifs is 1. The van der Waals surface area contributed by atoms with Crippen molar-refractivity contribution in [3.8, 4) is 0 Å². The third kappa shape index (κ3) is 4.06. The van der Waals surface area contributed by atoms with Crippen molar-refractivity contribution in [3.63, 3.8) is 0 Å². The van der Waals surface area contributed by atoms with E-state index in [1.807, 2.05) is 0 Å². The Bertz CT molecular complexity index is 974. The second kappa shape index (κ2) is 8.66. The summed E-state index contributed by atoms with van der Waals surface area (Å²) in [6, 6.07) is -0.995. The highest BCUT2D eigenvalue weighted by Crippen LogP contribution is 2.40.